The first kappa shape index (κ1) is 14.6. The fraction of sp³-hybridized carbons (Fsp3) is 0.500. The van der Waals surface area contributed by atoms with E-state index >= 15 is 0 Å². The second-order valence-electron chi connectivity index (χ2n) is 5.19. The van der Waals surface area contributed by atoms with E-state index in [9.17, 15) is 19.3 Å². The van der Waals surface area contributed by atoms with Crippen LogP contribution < -0.4 is 0 Å². The maximum atomic E-state index is 13.2. The maximum Gasteiger partial charge on any atom is 0.274 e. The molecule has 20 heavy (non-hydrogen) atoms. The van der Waals surface area contributed by atoms with Crippen molar-refractivity contribution in [2.75, 3.05) is 13.1 Å². The number of benzene rings is 1. The van der Waals surface area contributed by atoms with E-state index in [1.54, 1.807) is 6.92 Å². The summed E-state index contributed by atoms with van der Waals surface area (Å²) >= 11 is 0. The lowest BCUT2D eigenvalue weighted by atomic mass is 9.93. The Labute approximate surface area is 116 Å². The minimum atomic E-state index is -0.489. The Kier molecular flexibility index (Phi) is 4.44. The standard InChI is InChI=1S/C14H17FN2O3/c1-10(18)11-4-6-16(7-5-11)9-12-8-13(15)2-3-14(12)17(19)20/h2-3,8,11H,4-7,9H2,1H3. The van der Waals surface area contributed by atoms with E-state index < -0.39 is 10.7 Å². The molecule has 0 bridgehead atoms. The molecule has 0 radical (unpaired) electrons. The predicted octanol–water partition coefficient (Wildman–Crippen LogP) is 2.53. The van der Waals surface area contributed by atoms with Crippen LogP contribution in [-0.4, -0.2) is 28.7 Å². The van der Waals surface area contributed by atoms with Crippen LogP contribution in [0.15, 0.2) is 18.2 Å². The van der Waals surface area contributed by atoms with Crippen LogP contribution in [0.5, 0.6) is 0 Å². The van der Waals surface area contributed by atoms with Crippen molar-refractivity contribution in [2.45, 2.75) is 26.3 Å². The summed E-state index contributed by atoms with van der Waals surface area (Å²) < 4.78 is 13.2. The van der Waals surface area contributed by atoms with E-state index in [4.69, 9.17) is 0 Å². The summed E-state index contributed by atoms with van der Waals surface area (Å²) in [6.07, 6.45) is 1.52. The molecule has 0 atom stereocenters. The highest BCUT2D eigenvalue weighted by Gasteiger charge is 2.24. The normalized spacial score (nSPS) is 17.1. The number of nitro groups is 1. The van der Waals surface area contributed by atoms with E-state index in [0.29, 0.717) is 25.2 Å². The number of Topliss-reactive ketones (excluding diaryl/α,β-unsaturated/α-hetero) is 1. The largest absolute Gasteiger partial charge is 0.300 e. The molecule has 1 fully saturated rings. The average molecular weight is 280 g/mol. The molecule has 0 amide bonds. The fourth-order valence-corrected chi connectivity index (χ4v) is 2.60. The molecular formula is C14H17FN2O3. The van der Waals surface area contributed by atoms with Gasteiger partial charge in [0.15, 0.2) is 0 Å². The topological polar surface area (TPSA) is 63.5 Å². The first-order valence-electron chi connectivity index (χ1n) is 6.63. The summed E-state index contributed by atoms with van der Waals surface area (Å²) in [5, 5.41) is 10.9. The summed E-state index contributed by atoms with van der Waals surface area (Å²) in [7, 11) is 0. The number of nitro benzene ring substituents is 1. The molecule has 0 aliphatic carbocycles. The van der Waals surface area contributed by atoms with E-state index in [1.807, 2.05) is 4.90 Å². The molecule has 2 rings (SSSR count). The van der Waals surface area contributed by atoms with Crippen LogP contribution in [0, 0.1) is 21.8 Å². The Balaban J connectivity index is 2.06. The van der Waals surface area contributed by atoms with Crippen molar-refractivity contribution in [3.63, 3.8) is 0 Å². The quantitative estimate of drug-likeness (QED) is 0.628. The Morgan fingerprint density at radius 2 is 2.10 bits per heavy atom. The third kappa shape index (κ3) is 3.39. The second-order valence-corrected chi connectivity index (χ2v) is 5.19. The molecular weight excluding hydrogens is 263 g/mol. The number of hydrogen-bond acceptors (Lipinski definition) is 4. The van der Waals surface area contributed by atoms with E-state index in [2.05, 4.69) is 0 Å². The van der Waals surface area contributed by atoms with Gasteiger partial charge in [0.05, 0.1) is 4.92 Å². The van der Waals surface area contributed by atoms with Crippen LogP contribution in [0.25, 0.3) is 0 Å². The van der Waals surface area contributed by atoms with Crippen LogP contribution in [0.2, 0.25) is 0 Å². The summed E-state index contributed by atoms with van der Waals surface area (Å²) in [6, 6.07) is 3.52. The van der Waals surface area contributed by atoms with Crippen LogP contribution in [-0.2, 0) is 11.3 Å². The number of hydrogen-bond donors (Lipinski definition) is 0. The zero-order valence-corrected chi connectivity index (χ0v) is 11.3. The SMILES string of the molecule is CC(=O)C1CCN(Cc2cc(F)ccc2[N+](=O)[O-])CC1. The van der Waals surface area contributed by atoms with Gasteiger partial charge in [-0.3, -0.25) is 19.8 Å². The summed E-state index contributed by atoms with van der Waals surface area (Å²) in [6.45, 7) is 3.35. The highest BCUT2D eigenvalue weighted by Crippen LogP contribution is 2.24. The van der Waals surface area contributed by atoms with Gasteiger partial charge in [0.1, 0.15) is 11.6 Å². The maximum absolute atomic E-state index is 13.2. The Morgan fingerprint density at radius 1 is 1.45 bits per heavy atom. The van der Waals surface area contributed by atoms with E-state index in [-0.39, 0.29) is 17.4 Å². The second kappa shape index (κ2) is 6.09. The predicted molar refractivity (Wildman–Crippen MR) is 71.7 cm³/mol. The highest BCUT2D eigenvalue weighted by atomic mass is 19.1. The third-order valence-electron chi connectivity index (χ3n) is 3.79. The van der Waals surface area contributed by atoms with Gasteiger partial charge in [-0.05, 0) is 45.0 Å². The Hall–Kier alpha value is -1.82. The van der Waals surface area contributed by atoms with Crippen molar-refractivity contribution in [3.8, 4) is 0 Å². The van der Waals surface area contributed by atoms with Gasteiger partial charge in [0.25, 0.3) is 5.69 Å². The van der Waals surface area contributed by atoms with Crippen LogP contribution >= 0.6 is 0 Å². The molecule has 5 nitrogen and oxygen atoms in total. The molecule has 1 aliphatic rings. The van der Waals surface area contributed by atoms with Crippen molar-refractivity contribution in [1.82, 2.24) is 4.90 Å². The van der Waals surface area contributed by atoms with Crippen molar-refractivity contribution in [1.29, 1.82) is 0 Å². The van der Waals surface area contributed by atoms with Crippen molar-refractivity contribution in [3.05, 3.63) is 39.7 Å². The lowest BCUT2D eigenvalue weighted by molar-refractivity contribution is -0.385. The first-order valence-corrected chi connectivity index (χ1v) is 6.63. The van der Waals surface area contributed by atoms with Crippen LogP contribution in [0.4, 0.5) is 10.1 Å². The molecule has 108 valence electrons. The van der Waals surface area contributed by atoms with Gasteiger partial charge in [-0.25, -0.2) is 4.39 Å². The molecule has 1 heterocycles. The molecule has 0 aromatic heterocycles. The smallest absolute Gasteiger partial charge is 0.274 e. The minimum absolute atomic E-state index is 0.0555. The molecule has 1 aliphatic heterocycles. The lowest BCUT2D eigenvalue weighted by Crippen LogP contribution is -2.35. The number of ketones is 1. The van der Waals surface area contributed by atoms with Crippen LogP contribution in [0.1, 0.15) is 25.3 Å². The lowest BCUT2D eigenvalue weighted by Gasteiger charge is -2.30. The average Bonchev–Trinajstić information content (AvgIpc) is 2.39. The van der Waals surface area contributed by atoms with Crippen LogP contribution in [0.3, 0.4) is 0 Å². The van der Waals surface area contributed by atoms with Crippen molar-refractivity contribution < 1.29 is 14.1 Å². The van der Waals surface area contributed by atoms with Gasteiger partial charge in [0, 0.05) is 24.1 Å². The molecule has 0 N–H and O–H groups in total. The number of carbonyl (C=O) groups excluding carboxylic acids is 1. The van der Waals surface area contributed by atoms with Gasteiger partial charge in [-0.2, -0.15) is 0 Å². The zero-order chi connectivity index (χ0) is 14.7. The Morgan fingerprint density at radius 3 is 2.65 bits per heavy atom. The van der Waals surface area contributed by atoms with E-state index in [1.165, 1.54) is 12.1 Å². The highest BCUT2D eigenvalue weighted by molar-refractivity contribution is 5.78. The van der Waals surface area contributed by atoms with Gasteiger partial charge >= 0.3 is 0 Å². The first-order chi connectivity index (χ1) is 9.47. The van der Waals surface area contributed by atoms with Crippen molar-refractivity contribution in [2.24, 2.45) is 5.92 Å². The minimum Gasteiger partial charge on any atom is -0.300 e. The molecule has 0 spiro atoms. The number of nitrogens with zero attached hydrogens (tertiary/aromatic N) is 2. The van der Waals surface area contributed by atoms with Gasteiger partial charge in [-0.15, -0.1) is 0 Å². The number of carbonyl (C=O) groups is 1. The zero-order valence-electron chi connectivity index (χ0n) is 11.3. The number of rotatable bonds is 4. The summed E-state index contributed by atoms with van der Waals surface area (Å²) in [4.78, 5) is 23.8. The molecule has 0 unspecified atom stereocenters. The fourth-order valence-electron chi connectivity index (χ4n) is 2.60. The van der Waals surface area contributed by atoms with Crippen molar-refractivity contribution >= 4 is 11.5 Å². The summed E-state index contributed by atoms with van der Waals surface area (Å²) in [5.74, 6) is -0.181. The molecule has 1 saturated heterocycles. The van der Waals surface area contributed by atoms with Gasteiger partial charge < -0.3 is 0 Å². The molecule has 0 saturated carbocycles. The number of likely N-dealkylation sites (tertiary alicyclic amines) is 1. The molecule has 1 aromatic rings. The van der Waals surface area contributed by atoms with Gasteiger partial charge in [-0.1, -0.05) is 0 Å². The third-order valence-corrected chi connectivity index (χ3v) is 3.79. The number of piperidine rings is 1. The molecule has 1 aromatic carbocycles. The monoisotopic (exact) mass is 280 g/mol. The number of halogens is 1. The van der Waals surface area contributed by atoms with Gasteiger partial charge in [0.2, 0.25) is 0 Å². The Bertz CT molecular complexity index is 525. The van der Waals surface area contributed by atoms with E-state index in [0.717, 1.165) is 18.9 Å². The molecule has 6 heteroatoms. The summed E-state index contributed by atoms with van der Waals surface area (Å²) in [5.41, 5.74) is 0.330.